The summed E-state index contributed by atoms with van der Waals surface area (Å²) in [5.74, 6) is -2.55. The van der Waals surface area contributed by atoms with E-state index in [2.05, 4.69) is 0 Å². The SMILES string of the molecule is CC(=O)CCC1(C)C(=O)OC(C)(C)OC1=O. The highest BCUT2D eigenvalue weighted by atomic mass is 16.7. The molecular weight excluding hydrogens is 212 g/mol. The summed E-state index contributed by atoms with van der Waals surface area (Å²) in [6.07, 6.45) is 0.275. The van der Waals surface area contributed by atoms with Crippen molar-refractivity contribution in [1.82, 2.24) is 0 Å². The van der Waals surface area contributed by atoms with Crippen LogP contribution in [0, 0.1) is 5.41 Å². The van der Waals surface area contributed by atoms with Gasteiger partial charge in [-0.25, -0.2) is 0 Å². The van der Waals surface area contributed by atoms with Crippen LogP contribution in [-0.4, -0.2) is 23.5 Å². The van der Waals surface area contributed by atoms with Gasteiger partial charge in [-0.2, -0.15) is 0 Å². The Morgan fingerprint density at radius 2 is 1.56 bits per heavy atom. The molecule has 5 heteroatoms. The molecule has 0 aromatic carbocycles. The number of carbonyl (C=O) groups is 3. The monoisotopic (exact) mass is 228 g/mol. The Bertz CT molecular complexity index is 322. The first-order valence-corrected chi connectivity index (χ1v) is 5.14. The number of hydrogen-bond donors (Lipinski definition) is 0. The molecule has 1 aliphatic rings. The fourth-order valence-corrected chi connectivity index (χ4v) is 1.41. The van der Waals surface area contributed by atoms with E-state index in [0.29, 0.717) is 0 Å². The predicted molar refractivity (Wildman–Crippen MR) is 54.3 cm³/mol. The highest BCUT2D eigenvalue weighted by molar-refractivity contribution is 6.01. The molecule has 90 valence electrons. The van der Waals surface area contributed by atoms with E-state index in [1.54, 1.807) is 0 Å². The Morgan fingerprint density at radius 1 is 1.12 bits per heavy atom. The van der Waals surface area contributed by atoms with Crippen LogP contribution in [0.15, 0.2) is 0 Å². The van der Waals surface area contributed by atoms with E-state index in [0.717, 1.165) is 0 Å². The van der Waals surface area contributed by atoms with Gasteiger partial charge in [-0.3, -0.25) is 9.59 Å². The van der Waals surface area contributed by atoms with Crippen molar-refractivity contribution in [2.75, 3.05) is 0 Å². The van der Waals surface area contributed by atoms with Crippen LogP contribution in [0.5, 0.6) is 0 Å². The minimum atomic E-state index is -1.36. The van der Waals surface area contributed by atoms with Crippen LogP contribution in [0.4, 0.5) is 0 Å². The lowest BCUT2D eigenvalue weighted by Gasteiger charge is -2.38. The molecule has 1 heterocycles. The number of hydrogen-bond acceptors (Lipinski definition) is 5. The van der Waals surface area contributed by atoms with Crippen LogP contribution < -0.4 is 0 Å². The van der Waals surface area contributed by atoms with Gasteiger partial charge in [0.2, 0.25) is 0 Å². The molecule has 0 aliphatic carbocycles. The van der Waals surface area contributed by atoms with Gasteiger partial charge in [-0.1, -0.05) is 0 Å². The van der Waals surface area contributed by atoms with Gasteiger partial charge in [0.05, 0.1) is 0 Å². The van der Waals surface area contributed by atoms with E-state index < -0.39 is 23.1 Å². The Labute approximate surface area is 94.1 Å². The molecule has 0 spiro atoms. The molecule has 0 amide bonds. The standard InChI is InChI=1S/C11H16O5/c1-7(12)5-6-11(4)8(13)15-10(2,3)16-9(11)14/h5-6H2,1-4H3. The summed E-state index contributed by atoms with van der Waals surface area (Å²) in [6.45, 7) is 5.84. The summed E-state index contributed by atoms with van der Waals surface area (Å²) in [6, 6.07) is 0. The van der Waals surface area contributed by atoms with Crippen LogP contribution in [0.1, 0.15) is 40.5 Å². The molecule has 1 aliphatic heterocycles. The Morgan fingerprint density at radius 3 is 1.94 bits per heavy atom. The first-order valence-electron chi connectivity index (χ1n) is 5.14. The second-order valence-electron chi connectivity index (χ2n) is 4.71. The number of Topliss-reactive ketones (excluding diaryl/α,β-unsaturated/α-hetero) is 1. The molecule has 0 saturated carbocycles. The minimum Gasteiger partial charge on any atom is -0.422 e. The van der Waals surface area contributed by atoms with Crippen LogP contribution in [0.2, 0.25) is 0 Å². The Balaban J connectivity index is 2.84. The molecular formula is C11H16O5. The number of carbonyl (C=O) groups excluding carboxylic acids is 3. The Hall–Kier alpha value is -1.39. The van der Waals surface area contributed by atoms with E-state index in [9.17, 15) is 14.4 Å². The third-order valence-electron chi connectivity index (χ3n) is 2.56. The van der Waals surface area contributed by atoms with Gasteiger partial charge in [0.25, 0.3) is 5.79 Å². The van der Waals surface area contributed by atoms with E-state index in [1.807, 2.05) is 0 Å². The van der Waals surface area contributed by atoms with Gasteiger partial charge >= 0.3 is 11.9 Å². The summed E-state index contributed by atoms with van der Waals surface area (Å²) < 4.78 is 10.00. The maximum atomic E-state index is 11.7. The van der Waals surface area contributed by atoms with Gasteiger partial charge in [0.15, 0.2) is 5.41 Å². The van der Waals surface area contributed by atoms with E-state index in [-0.39, 0.29) is 18.6 Å². The molecule has 0 unspecified atom stereocenters. The molecule has 0 atom stereocenters. The highest BCUT2D eigenvalue weighted by Gasteiger charge is 2.52. The maximum absolute atomic E-state index is 11.7. The predicted octanol–water partition coefficient (Wildman–Crippen LogP) is 1.20. The van der Waals surface area contributed by atoms with Gasteiger partial charge in [0, 0.05) is 20.3 Å². The maximum Gasteiger partial charge on any atom is 0.326 e. The van der Waals surface area contributed by atoms with E-state index in [1.165, 1.54) is 27.7 Å². The molecule has 5 nitrogen and oxygen atoms in total. The zero-order valence-electron chi connectivity index (χ0n) is 9.96. The first-order chi connectivity index (χ1) is 7.17. The third-order valence-corrected chi connectivity index (χ3v) is 2.56. The van der Waals surface area contributed by atoms with E-state index in [4.69, 9.17) is 9.47 Å². The average molecular weight is 228 g/mol. The van der Waals surface area contributed by atoms with Gasteiger partial charge in [-0.15, -0.1) is 0 Å². The van der Waals surface area contributed by atoms with Gasteiger partial charge in [0.1, 0.15) is 5.78 Å². The van der Waals surface area contributed by atoms with Crippen LogP contribution in [-0.2, 0) is 23.9 Å². The molecule has 0 radical (unpaired) electrons. The molecule has 16 heavy (non-hydrogen) atoms. The van der Waals surface area contributed by atoms with Crippen molar-refractivity contribution in [1.29, 1.82) is 0 Å². The molecule has 0 bridgehead atoms. The largest absolute Gasteiger partial charge is 0.422 e. The summed E-state index contributed by atoms with van der Waals surface area (Å²) >= 11 is 0. The number of ether oxygens (including phenoxy) is 2. The lowest BCUT2D eigenvalue weighted by Crippen LogP contribution is -2.52. The lowest BCUT2D eigenvalue weighted by molar-refractivity contribution is -0.250. The smallest absolute Gasteiger partial charge is 0.326 e. The molecule has 1 fully saturated rings. The second kappa shape index (κ2) is 3.88. The molecule has 0 N–H and O–H groups in total. The molecule has 0 aromatic heterocycles. The van der Waals surface area contributed by atoms with Crippen molar-refractivity contribution >= 4 is 17.7 Å². The fourth-order valence-electron chi connectivity index (χ4n) is 1.41. The number of cyclic esters (lactones) is 2. The average Bonchev–Trinajstić information content (AvgIpc) is 2.10. The zero-order valence-corrected chi connectivity index (χ0v) is 9.96. The van der Waals surface area contributed by atoms with Crippen LogP contribution in [0.3, 0.4) is 0 Å². The zero-order chi connectivity index (χ0) is 12.6. The number of esters is 2. The van der Waals surface area contributed by atoms with Gasteiger partial charge in [-0.05, 0) is 20.3 Å². The van der Waals surface area contributed by atoms with Crippen molar-refractivity contribution in [2.24, 2.45) is 5.41 Å². The summed E-state index contributed by atoms with van der Waals surface area (Å²) in [4.78, 5) is 34.3. The lowest BCUT2D eigenvalue weighted by atomic mass is 9.84. The van der Waals surface area contributed by atoms with E-state index >= 15 is 0 Å². The number of rotatable bonds is 3. The van der Waals surface area contributed by atoms with Crippen molar-refractivity contribution in [2.45, 2.75) is 46.3 Å². The molecule has 0 aromatic rings. The normalized spacial score (nSPS) is 22.2. The Kier molecular flexibility index (Phi) is 3.08. The third kappa shape index (κ3) is 2.40. The van der Waals surface area contributed by atoms with Crippen molar-refractivity contribution in [3.8, 4) is 0 Å². The van der Waals surface area contributed by atoms with Crippen molar-refractivity contribution in [3.05, 3.63) is 0 Å². The fraction of sp³-hybridized carbons (Fsp3) is 0.727. The summed E-state index contributed by atoms with van der Waals surface area (Å²) in [5, 5.41) is 0. The van der Waals surface area contributed by atoms with Crippen LogP contribution >= 0.6 is 0 Å². The first kappa shape index (κ1) is 12.7. The molecule has 1 rings (SSSR count). The summed E-state index contributed by atoms with van der Waals surface area (Å²) in [5.41, 5.74) is -1.36. The number of ketones is 1. The topological polar surface area (TPSA) is 69.7 Å². The van der Waals surface area contributed by atoms with Crippen molar-refractivity contribution < 1.29 is 23.9 Å². The van der Waals surface area contributed by atoms with Crippen LogP contribution in [0.25, 0.3) is 0 Å². The molecule has 1 saturated heterocycles. The highest BCUT2D eigenvalue weighted by Crippen LogP contribution is 2.35. The quantitative estimate of drug-likeness (QED) is 0.536. The summed E-state index contributed by atoms with van der Waals surface area (Å²) in [7, 11) is 0. The second-order valence-corrected chi connectivity index (χ2v) is 4.71. The minimum absolute atomic E-state index is 0.0772. The van der Waals surface area contributed by atoms with Crippen molar-refractivity contribution in [3.63, 3.8) is 0 Å². The van der Waals surface area contributed by atoms with Gasteiger partial charge < -0.3 is 14.3 Å².